The second-order valence-corrected chi connectivity index (χ2v) is 7.31. The molecule has 0 aromatic heterocycles. The van der Waals surface area contributed by atoms with E-state index in [0.717, 1.165) is 39.3 Å². The first-order valence-corrected chi connectivity index (χ1v) is 9.17. The summed E-state index contributed by atoms with van der Waals surface area (Å²) >= 11 is 0. The molecule has 0 aromatic rings. The van der Waals surface area contributed by atoms with Gasteiger partial charge in [0.2, 0.25) is 0 Å². The summed E-state index contributed by atoms with van der Waals surface area (Å²) < 4.78 is 22.7. The third kappa shape index (κ3) is 4.92. The van der Waals surface area contributed by atoms with Crippen LogP contribution in [-0.2, 0) is 18.9 Å². The fraction of sp³-hybridized carbons (Fsp3) is 1.00. The Bertz CT molecular complexity index is 336. The molecule has 0 aliphatic carbocycles. The standard InChI is InChI=1S/C18H32O4/c1-4-13(17-10-21-17)7-14(18-11-22-18)8-15(19-5-2)6-12(3)16-9-20-16/h12-18H,4-11H2,1-3H3. The van der Waals surface area contributed by atoms with Crippen LogP contribution in [0.3, 0.4) is 0 Å². The van der Waals surface area contributed by atoms with Crippen LogP contribution >= 0.6 is 0 Å². The fourth-order valence-corrected chi connectivity index (χ4v) is 3.78. The Hall–Kier alpha value is -0.160. The predicted octanol–water partition coefficient (Wildman–Crippen LogP) is 3.04. The lowest BCUT2D eigenvalue weighted by molar-refractivity contribution is 0.0195. The van der Waals surface area contributed by atoms with Gasteiger partial charge in [-0.25, -0.2) is 0 Å². The highest BCUT2D eigenvalue weighted by molar-refractivity contribution is 4.88. The van der Waals surface area contributed by atoms with E-state index in [9.17, 15) is 0 Å². The van der Waals surface area contributed by atoms with Crippen molar-refractivity contribution < 1.29 is 18.9 Å². The van der Waals surface area contributed by atoms with Crippen molar-refractivity contribution in [1.29, 1.82) is 0 Å². The van der Waals surface area contributed by atoms with E-state index < -0.39 is 0 Å². The van der Waals surface area contributed by atoms with E-state index in [1.165, 1.54) is 12.8 Å². The van der Waals surface area contributed by atoms with Crippen LogP contribution in [0.1, 0.15) is 46.5 Å². The van der Waals surface area contributed by atoms with Crippen molar-refractivity contribution in [2.75, 3.05) is 26.4 Å². The van der Waals surface area contributed by atoms with Gasteiger partial charge in [-0.3, -0.25) is 0 Å². The highest BCUT2D eigenvalue weighted by Crippen LogP contribution is 2.37. The summed E-state index contributed by atoms with van der Waals surface area (Å²) in [6.45, 7) is 10.3. The van der Waals surface area contributed by atoms with Crippen LogP contribution in [-0.4, -0.2) is 50.8 Å². The smallest absolute Gasteiger partial charge is 0.0839 e. The molecule has 3 fully saturated rings. The zero-order chi connectivity index (χ0) is 15.5. The molecule has 4 nitrogen and oxygen atoms in total. The minimum Gasteiger partial charge on any atom is -0.378 e. The molecule has 0 N–H and O–H groups in total. The topological polar surface area (TPSA) is 46.8 Å². The largest absolute Gasteiger partial charge is 0.378 e. The SMILES string of the molecule is CCOC(CC(C)C1CO1)CC(CC(CC)C1CO1)C1CO1. The molecule has 0 aromatic carbocycles. The minimum absolute atomic E-state index is 0.344. The van der Waals surface area contributed by atoms with Crippen molar-refractivity contribution in [1.82, 2.24) is 0 Å². The Morgan fingerprint density at radius 1 is 0.864 bits per heavy atom. The molecule has 3 rings (SSSR count). The van der Waals surface area contributed by atoms with Crippen molar-refractivity contribution in [2.24, 2.45) is 17.8 Å². The number of hydrogen-bond acceptors (Lipinski definition) is 4. The third-order valence-electron chi connectivity index (χ3n) is 5.50. The molecule has 3 saturated heterocycles. The molecule has 7 unspecified atom stereocenters. The van der Waals surface area contributed by atoms with E-state index in [-0.39, 0.29) is 0 Å². The van der Waals surface area contributed by atoms with Gasteiger partial charge in [0.15, 0.2) is 0 Å². The Morgan fingerprint density at radius 3 is 1.95 bits per heavy atom. The fourth-order valence-electron chi connectivity index (χ4n) is 3.78. The number of ether oxygens (including phenoxy) is 4. The number of epoxide rings is 3. The molecule has 3 aliphatic rings. The molecule has 4 heteroatoms. The summed E-state index contributed by atoms with van der Waals surface area (Å²) in [5, 5.41) is 0. The van der Waals surface area contributed by atoms with Crippen LogP contribution in [0.15, 0.2) is 0 Å². The number of rotatable bonds is 12. The molecule has 0 amide bonds. The first-order chi connectivity index (χ1) is 10.7. The Morgan fingerprint density at radius 2 is 1.45 bits per heavy atom. The third-order valence-corrected chi connectivity index (χ3v) is 5.50. The van der Waals surface area contributed by atoms with Gasteiger partial charge >= 0.3 is 0 Å². The van der Waals surface area contributed by atoms with Crippen LogP contribution in [0.2, 0.25) is 0 Å². The first kappa shape index (κ1) is 16.7. The molecule has 0 saturated carbocycles. The molecular weight excluding hydrogens is 280 g/mol. The van der Waals surface area contributed by atoms with Crippen molar-refractivity contribution >= 4 is 0 Å². The summed E-state index contributed by atoms with van der Waals surface area (Å²) in [4.78, 5) is 0. The van der Waals surface area contributed by atoms with Gasteiger partial charge in [0.1, 0.15) is 0 Å². The van der Waals surface area contributed by atoms with E-state index >= 15 is 0 Å². The summed E-state index contributed by atoms with van der Waals surface area (Å²) in [5.74, 6) is 1.92. The van der Waals surface area contributed by atoms with Crippen LogP contribution in [0.5, 0.6) is 0 Å². The molecule has 22 heavy (non-hydrogen) atoms. The average molecular weight is 312 g/mol. The van der Waals surface area contributed by atoms with E-state index in [1.54, 1.807) is 0 Å². The van der Waals surface area contributed by atoms with E-state index in [1.807, 2.05) is 0 Å². The quantitative estimate of drug-likeness (QED) is 0.520. The molecule has 7 atom stereocenters. The zero-order valence-electron chi connectivity index (χ0n) is 14.3. The van der Waals surface area contributed by atoms with Gasteiger partial charge < -0.3 is 18.9 Å². The second kappa shape index (κ2) is 7.61. The van der Waals surface area contributed by atoms with Gasteiger partial charge in [-0.15, -0.1) is 0 Å². The van der Waals surface area contributed by atoms with Gasteiger partial charge in [0.05, 0.1) is 44.2 Å². The molecule has 128 valence electrons. The lowest BCUT2D eigenvalue weighted by atomic mass is 9.83. The monoisotopic (exact) mass is 312 g/mol. The molecule has 0 spiro atoms. The van der Waals surface area contributed by atoms with E-state index in [4.69, 9.17) is 18.9 Å². The van der Waals surface area contributed by atoms with Crippen LogP contribution in [0.4, 0.5) is 0 Å². The van der Waals surface area contributed by atoms with Gasteiger partial charge in [0, 0.05) is 6.61 Å². The van der Waals surface area contributed by atoms with Crippen molar-refractivity contribution in [2.45, 2.75) is 70.9 Å². The van der Waals surface area contributed by atoms with Crippen LogP contribution in [0.25, 0.3) is 0 Å². The van der Waals surface area contributed by atoms with Crippen molar-refractivity contribution in [3.05, 3.63) is 0 Å². The first-order valence-electron chi connectivity index (χ1n) is 9.17. The van der Waals surface area contributed by atoms with E-state index in [2.05, 4.69) is 20.8 Å². The Balaban J connectivity index is 1.52. The Kier molecular flexibility index (Phi) is 5.77. The summed E-state index contributed by atoms with van der Waals surface area (Å²) in [6, 6.07) is 0. The summed E-state index contributed by atoms with van der Waals surface area (Å²) in [7, 11) is 0. The normalized spacial score (nSPS) is 34.8. The lowest BCUT2D eigenvalue weighted by Gasteiger charge is -2.26. The maximum atomic E-state index is 6.05. The molecule has 0 bridgehead atoms. The number of hydrogen-bond donors (Lipinski definition) is 0. The Labute approximate surface area is 134 Å². The molecule has 3 heterocycles. The van der Waals surface area contributed by atoms with Crippen LogP contribution in [0, 0.1) is 17.8 Å². The lowest BCUT2D eigenvalue weighted by Crippen LogP contribution is -2.27. The molecule has 3 aliphatic heterocycles. The van der Waals surface area contributed by atoms with Gasteiger partial charge in [-0.2, -0.15) is 0 Å². The molecular formula is C18H32O4. The molecule has 0 radical (unpaired) electrons. The highest BCUT2D eigenvalue weighted by atomic mass is 16.6. The highest BCUT2D eigenvalue weighted by Gasteiger charge is 2.40. The second-order valence-electron chi connectivity index (χ2n) is 7.31. The summed E-state index contributed by atoms with van der Waals surface area (Å²) in [5.41, 5.74) is 0. The van der Waals surface area contributed by atoms with E-state index in [0.29, 0.717) is 42.2 Å². The average Bonchev–Trinajstić information content (AvgIpc) is 3.38. The van der Waals surface area contributed by atoms with Crippen LogP contribution < -0.4 is 0 Å². The predicted molar refractivity (Wildman–Crippen MR) is 84.9 cm³/mol. The van der Waals surface area contributed by atoms with Gasteiger partial charge in [-0.05, 0) is 43.9 Å². The minimum atomic E-state index is 0.344. The maximum absolute atomic E-state index is 6.05. The van der Waals surface area contributed by atoms with Gasteiger partial charge in [0.25, 0.3) is 0 Å². The zero-order valence-corrected chi connectivity index (χ0v) is 14.3. The van der Waals surface area contributed by atoms with Crippen molar-refractivity contribution in [3.63, 3.8) is 0 Å². The van der Waals surface area contributed by atoms with Gasteiger partial charge in [-0.1, -0.05) is 20.3 Å². The summed E-state index contributed by atoms with van der Waals surface area (Å²) in [6.07, 6.45) is 6.46. The maximum Gasteiger partial charge on any atom is 0.0839 e. The van der Waals surface area contributed by atoms with Crippen molar-refractivity contribution in [3.8, 4) is 0 Å².